The van der Waals surface area contributed by atoms with Crippen LogP contribution in [0.4, 0.5) is 0 Å². The molecule has 2 nitrogen and oxygen atoms in total. The first-order valence-electron chi connectivity index (χ1n) is 3.24. The Labute approximate surface area is 65.4 Å². The van der Waals surface area contributed by atoms with Crippen LogP contribution in [0, 0.1) is 5.92 Å². The Balaban J connectivity index is 3.34. The summed E-state index contributed by atoms with van der Waals surface area (Å²) in [4.78, 5) is 20.6. The van der Waals surface area contributed by atoms with Crippen LogP contribution in [0.5, 0.6) is 0 Å². The van der Waals surface area contributed by atoms with Crippen LogP contribution >= 0.6 is 11.8 Å². The Morgan fingerprint density at radius 2 is 2.30 bits per heavy atom. The van der Waals surface area contributed by atoms with Gasteiger partial charge in [-0.2, -0.15) is 0 Å². The molecule has 0 aliphatic heterocycles. The lowest BCUT2D eigenvalue weighted by molar-refractivity contribution is -0.110. The van der Waals surface area contributed by atoms with Crippen molar-refractivity contribution >= 4 is 23.2 Å². The minimum atomic E-state index is -0.125. The van der Waals surface area contributed by atoms with Gasteiger partial charge in [-0.15, -0.1) is 0 Å². The van der Waals surface area contributed by atoms with Crippen LogP contribution in [-0.4, -0.2) is 17.2 Å². The van der Waals surface area contributed by atoms with E-state index in [0.29, 0.717) is 12.2 Å². The van der Waals surface area contributed by atoms with E-state index >= 15 is 0 Å². The van der Waals surface area contributed by atoms with E-state index in [4.69, 9.17) is 0 Å². The van der Waals surface area contributed by atoms with E-state index in [1.54, 1.807) is 6.92 Å². The number of hydrogen-bond acceptors (Lipinski definition) is 3. The number of carbonyl (C=O) groups is 1. The van der Waals surface area contributed by atoms with Gasteiger partial charge in [0.05, 0.1) is 0 Å². The van der Waals surface area contributed by atoms with E-state index in [0.717, 1.165) is 0 Å². The van der Waals surface area contributed by atoms with Crippen molar-refractivity contribution < 1.29 is 9.59 Å². The summed E-state index contributed by atoms with van der Waals surface area (Å²) in [5.74, 6) is 0.441. The normalized spacial score (nSPS) is 12.6. The van der Waals surface area contributed by atoms with Gasteiger partial charge < -0.3 is 0 Å². The number of hydrogen-bond donors (Lipinski definition) is 0. The van der Waals surface area contributed by atoms with Gasteiger partial charge in [-0.1, -0.05) is 25.6 Å². The van der Waals surface area contributed by atoms with Crippen molar-refractivity contribution in [1.29, 1.82) is 0 Å². The van der Waals surface area contributed by atoms with Crippen LogP contribution in [0.25, 0.3) is 0 Å². The third-order valence-corrected chi connectivity index (χ3v) is 2.26. The molecule has 10 heavy (non-hydrogen) atoms. The fourth-order valence-electron chi connectivity index (χ4n) is 0.354. The van der Waals surface area contributed by atoms with Gasteiger partial charge in [0.2, 0.25) is 6.29 Å². The van der Waals surface area contributed by atoms with Crippen LogP contribution in [-0.2, 0) is 9.59 Å². The summed E-state index contributed by atoms with van der Waals surface area (Å²) in [6.45, 7) is 3.56. The molecule has 0 saturated heterocycles. The Hall–Kier alpha value is -0.310. The largest absolute Gasteiger partial charge is 0.291 e. The van der Waals surface area contributed by atoms with Gasteiger partial charge in [0, 0.05) is 18.1 Å². The molecule has 0 rings (SSSR count). The zero-order valence-electron chi connectivity index (χ0n) is 6.22. The molecular formula is C7H11O2S. The second kappa shape index (κ2) is 5.47. The zero-order valence-corrected chi connectivity index (χ0v) is 7.03. The molecule has 57 valence electrons. The Bertz CT molecular complexity index is 123. The molecule has 0 bridgehead atoms. The first-order chi connectivity index (χ1) is 4.70. The van der Waals surface area contributed by atoms with Crippen molar-refractivity contribution in [2.24, 2.45) is 5.92 Å². The molecule has 0 aromatic rings. The molecular weight excluding hydrogens is 148 g/mol. The maximum absolute atomic E-state index is 10.7. The highest BCUT2D eigenvalue weighted by Gasteiger charge is 2.04. The van der Waals surface area contributed by atoms with E-state index in [1.165, 1.54) is 11.8 Å². The summed E-state index contributed by atoms with van der Waals surface area (Å²) >= 11 is 1.21. The van der Waals surface area contributed by atoms with Gasteiger partial charge in [-0.3, -0.25) is 9.59 Å². The van der Waals surface area contributed by atoms with Gasteiger partial charge in [0.25, 0.3) is 0 Å². The van der Waals surface area contributed by atoms with Gasteiger partial charge >= 0.3 is 0 Å². The third-order valence-electron chi connectivity index (χ3n) is 0.984. The molecule has 0 aliphatic carbocycles. The van der Waals surface area contributed by atoms with Gasteiger partial charge in [-0.05, 0) is 0 Å². The third kappa shape index (κ3) is 4.56. The highest BCUT2D eigenvalue weighted by Crippen LogP contribution is 2.08. The van der Waals surface area contributed by atoms with Crippen LogP contribution in [0.2, 0.25) is 0 Å². The predicted octanol–water partition coefficient (Wildman–Crippen LogP) is 1.40. The molecule has 0 aromatic carbocycles. The Morgan fingerprint density at radius 3 is 2.70 bits per heavy atom. The summed E-state index contributed by atoms with van der Waals surface area (Å²) < 4.78 is 0. The summed E-state index contributed by atoms with van der Waals surface area (Å²) in [6.07, 6.45) is 2.36. The standard InChI is InChI=1S/C7H11O2S/c1-3-7(9)10-5-6(2)4-8/h6H,3,5H2,1-2H3. The molecule has 0 amide bonds. The molecule has 0 heterocycles. The molecule has 0 aromatic heterocycles. The molecule has 0 aliphatic rings. The first-order valence-corrected chi connectivity index (χ1v) is 4.22. The summed E-state index contributed by atoms with van der Waals surface area (Å²) in [5.41, 5.74) is 0. The average molecular weight is 159 g/mol. The van der Waals surface area contributed by atoms with Crippen molar-refractivity contribution in [2.45, 2.75) is 20.3 Å². The maximum Gasteiger partial charge on any atom is 0.202 e. The first kappa shape index (κ1) is 9.69. The summed E-state index contributed by atoms with van der Waals surface area (Å²) in [7, 11) is 0. The predicted molar refractivity (Wildman–Crippen MR) is 42.6 cm³/mol. The lowest BCUT2D eigenvalue weighted by atomic mass is 10.3. The fraction of sp³-hybridized carbons (Fsp3) is 0.714. The topological polar surface area (TPSA) is 34.1 Å². The molecule has 0 N–H and O–H groups in total. The molecule has 3 heteroatoms. The summed E-state index contributed by atoms with van der Waals surface area (Å²) in [6, 6.07) is 0. The van der Waals surface area contributed by atoms with Crippen LogP contribution < -0.4 is 0 Å². The lowest BCUT2D eigenvalue weighted by Crippen LogP contribution is -2.01. The van der Waals surface area contributed by atoms with Crippen molar-refractivity contribution in [3.05, 3.63) is 0 Å². The SMILES string of the molecule is CCC(=O)SCC(C)[C]=O. The van der Waals surface area contributed by atoms with Crippen LogP contribution in [0.15, 0.2) is 0 Å². The van der Waals surface area contributed by atoms with E-state index in [2.05, 4.69) is 0 Å². The van der Waals surface area contributed by atoms with E-state index in [-0.39, 0.29) is 11.0 Å². The average Bonchev–Trinajstić information content (AvgIpc) is 1.99. The minimum Gasteiger partial charge on any atom is -0.291 e. The monoisotopic (exact) mass is 159 g/mol. The highest BCUT2D eigenvalue weighted by molar-refractivity contribution is 8.13. The van der Waals surface area contributed by atoms with Crippen molar-refractivity contribution in [3.63, 3.8) is 0 Å². The van der Waals surface area contributed by atoms with Crippen molar-refractivity contribution in [3.8, 4) is 0 Å². The summed E-state index contributed by atoms with van der Waals surface area (Å²) in [5, 5.41) is 0.141. The number of rotatable bonds is 4. The van der Waals surface area contributed by atoms with Gasteiger partial charge in [0.1, 0.15) is 0 Å². The van der Waals surface area contributed by atoms with Crippen molar-refractivity contribution in [2.75, 3.05) is 5.75 Å². The molecule has 0 saturated carbocycles. The maximum atomic E-state index is 10.7. The second-order valence-corrected chi connectivity index (χ2v) is 3.13. The lowest BCUT2D eigenvalue weighted by Gasteiger charge is -1.98. The van der Waals surface area contributed by atoms with Gasteiger partial charge in [-0.25, -0.2) is 0 Å². The molecule has 0 fully saturated rings. The van der Waals surface area contributed by atoms with Crippen LogP contribution in [0.1, 0.15) is 20.3 Å². The van der Waals surface area contributed by atoms with Crippen molar-refractivity contribution in [1.82, 2.24) is 0 Å². The molecule has 1 radical (unpaired) electrons. The van der Waals surface area contributed by atoms with Crippen LogP contribution in [0.3, 0.4) is 0 Å². The van der Waals surface area contributed by atoms with Gasteiger partial charge in [0.15, 0.2) is 5.12 Å². The Kier molecular flexibility index (Phi) is 5.30. The minimum absolute atomic E-state index is 0.125. The molecule has 1 atom stereocenters. The Morgan fingerprint density at radius 1 is 1.70 bits per heavy atom. The highest BCUT2D eigenvalue weighted by atomic mass is 32.2. The molecule has 1 unspecified atom stereocenters. The number of carbonyl (C=O) groups excluding carboxylic acids is 2. The molecule has 0 spiro atoms. The smallest absolute Gasteiger partial charge is 0.202 e. The number of thioether (sulfide) groups is 1. The van der Waals surface area contributed by atoms with E-state index in [9.17, 15) is 9.59 Å². The quantitative estimate of drug-likeness (QED) is 0.621. The fourth-order valence-corrected chi connectivity index (χ4v) is 1.06. The van der Waals surface area contributed by atoms with E-state index in [1.807, 2.05) is 13.2 Å². The second-order valence-electron chi connectivity index (χ2n) is 2.06. The zero-order chi connectivity index (χ0) is 7.98. The van der Waals surface area contributed by atoms with E-state index < -0.39 is 0 Å².